The van der Waals surface area contributed by atoms with E-state index in [0.29, 0.717) is 28.8 Å². The first-order valence-electron chi connectivity index (χ1n) is 7.63. The molecular formula is C17H20BrNO6. The molecule has 0 saturated heterocycles. The Morgan fingerprint density at radius 2 is 1.92 bits per heavy atom. The number of ether oxygens (including phenoxy) is 3. The van der Waals surface area contributed by atoms with Gasteiger partial charge in [-0.25, -0.2) is 0 Å². The van der Waals surface area contributed by atoms with E-state index >= 15 is 0 Å². The van der Waals surface area contributed by atoms with Crippen LogP contribution in [-0.2, 0) is 19.9 Å². The smallest absolute Gasteiger partial charge is 0.250 e. The largest absolute Gasteiger partial charge is 0.501 e. The minimum atomic E-state index is -1.58. The lowest BCUT2D eigenvalue weighted by Crippen LogP contribution is -2.33. The number of benzene rings is 1. The van der Waals surface area contributed by atoms with Crippen LogP contribution in [0.1, 0.15) is 25.3 Å². The number of Topliss-reactive ketones (excluding diaryl/α,β-unsaturated/α-hetero) is 1. The number of carbonyl (C=O) groups excluding carboxylic acids is 2. The minimum absolute atomic E-state index is 0.230. The molecule has 136 valence electrons. The molecule has 0 fully saturated rings. The van der Waals surface area contributed by atoms with Gasteiger partial charge in [0, 0.05) is 11.8 Å². The highest BCUT2D eigenvalue weighted by molar-refractivity contribution is 9.09. The molecule has 0 spiro atoms. The number of aliphatic hydroxyl groups is 1. The Balaban J connectivity index is 2.36. The third kappa shape index (κ3) is 3.58. The zero-order valence-electron chi connectivity index (χ0n) is 14.2. The Labute approximate surface area is 154 Å². The Morgan fingerprint density at radius 3 is 2.44 bits per heavy atom. The minimum Gasteiger partial charge on any atom is -0.501 e. The van der Waals surface area contributed by atoms with Gasteiger partial charge in [0.2, 0.25) is 23.2 Å². The molecule has 1 aliphatic rings. The van der Waals surface area contributed by atoms with Crippen LogP contribution in [-0.4, -0.2) is 36.3 Å². The number of carbonyl (C=O) groups is 2. The first-order chi connectivity index (χ1) is 11.9. The second kappa shape index (κ2) is 7.77. The molecule has 1 aromatic rings. The summed E-state index contributed by atoms with van der Waals surface area (Å²) in [6.07, 6.45) is 0.847. The Kier molecular flexibility index (Phi) is 5.94. The summed E-state index contributed by atoms with van der Waals surface area (Å²) in [6.45, 7) is 1.49. The molecule has 2 rings (SSSR count). The highest BCUT2D eigenvalue weighted by atomic mass is 79.9. The van der Waals surface area contributed by atoms with Crippen molar-refractivity contribution in [2.45, 2.75) is 25.4 Å². The summed E-state index contributed by atoms with van der Waals surface area (Å²) in [5.41, 5.74) is -1.25. The zero-order chi connectivity index (χ0) is 18.6. The monoisotopic (exact) mass is 413 g/mol. The quantitative estimate of drug-likeness (QED) is 0.667. The number of methoxy groups -OCH3 is 2. The molecular weight excluding hydrogens is 394 g/mol. The summed E-state index contributed by atoms with van der Waals surface area (Å²) < 4.78 is 16.3. The summed E-state index contributed by atoms with van der Waals surface area (Å²) in [5, 5.41) is 13.3. The van der Waals surface area contributed by atoms with Crippen LogP contribution in [0.25, 0.3) is 0 Å². The summed E-state index contributed by atoms with van der Waals surface area (Å²) >= 11 is 3.24. The highest BCUT2D eigenvalue weighted by Gasteiger charge is 2.51. The lowest BCUT2D eigenvalue weighted by molar-refractivity contribution is -0.133. The summed E-state index contributed by atoms with van der Waals surface area (Å²) in [7, 11) is 2.91. The van der Waals surface area contributed by atoms with Crippen LogP contribution in [0.2, 0.25) is 0 Å². The van der Waals surface area contributed by atoms with Crippen LogP contribution in [0.3, 0.4) is 0 Å². The van der Waals surface area contributed by atoms with Crippen LogP contribution in [0, 0.1) is 0 Å². The molecule has 1 aromatic carbocycles. The van der Waals surface area contributed by atoms with Gasteiger partial charge in [-0.05, 0) is 25.5 Å². The predicted octanol–water partition coefficient (Wildman–Crippen LogP) is 2.54. The van der Waals surface area contributed by atoms with Gasteiger partial charge in [0.1, 0.15) is 11.5 Å². The van der Waals surface area contributed by atoms with Crippen molar-refractivity contribution in [1.82, 2.24) is 5.32 Å². The van der Waals surface area contributed by atoms with Crippen molar-refractivity contribution < 1.29 is 28.9 Å². The third-order valence-corrected chi connectivity index (χ3v) is 4.43. The van der Waals surface area contributed by atoms with Crippen molar-refractivity contribution in [3.05, 3.63) is 35.4 Å². The van der Waals surface area contributed by atoms with Gasteiger partial charge >= 0.3 is 0 Å². The van der Waals surface area contributed by atoms with Gasteiger partial charge in [0.25, 0.3) is 5.78 Å². The lowest BCUT2D eigenvalue weighted by atomic mass is 9.90. The fraction of sp³-hybridized carbons (Fsp3) is 0.412. The number of halogens is 1. The first-order valence-corrected chi connectivity index (χ1v) is 8.75. The molecule has 2 N–H and O–H groups in total. The van der Waals surface area contributed by atoms with Gasteiger partial charge < -0.3 is 19.3 Å². The number of amides is 1. The normalized spacial score (nSPS) is 19.6. The summed E-state index contributed by atoms with van der Waals surface area (Å²) in [5.74, 6) is -1.21. The van der Waals surface area contributed by atoms with E-state index in [-0.39, 0.29) is 18.2 Å². The van der Waals surface area contributed by atoms with Gasteiger partial charge in [-0.15, -0.1) is 0 Å². The molecule has 0 saturated carbocycles. The van der Waals surface area contributed by atoms with Crippen molar-refractivity contribution >= 4 is 27.6 Å². The van der Waals surface area contributed by atoms with E-state index in [2.05, 4.69) is 21.2 Å². The number of nitrogens with one attached hydrogen (secondary N) is 1. The molecule has 8 heteroatoms. The van der Waals surface area contributed by atoms with E-state index in [0.717, 1.165) is 0 Å². The van der Waals surface area contributed by atoms with Crippen LogP contribution in [0.4, 0.5) is 0 Å². The van der Waals surface area contributed by atoms with Crippen molar-refractivity contribution in [3.8, 4) is 11.5 Å². The number of aliphatic hydroxyl groups excluding tert-OH is 1. The van der Waals surface area contributed by atoms with Crippen LogP contribution in [0.15, 0.2) is 29.8 Å². The molecule has 0 aliphatic carbocycles. The molecule has 0 radical (unpaired) electrons. The van der Waals surface area contributed by atoms with Crippen molar-refractivity contribution in [2.24, 2.45) is 0 Å². The maximum Gasteiger partial charge on any atom is 0.250 e. The van der Waals surface area contributed by atoms with Gasteiger partial charge in [0.15, 0.2) is 0 Å². The van der Waals surface area contributed by atoms with E-state index in [1.54, 1.807) is 18.2 Å². The van der Waals surface area contributed by atoms with E-state index in [1.165, 1.54) is 21.1 Å². The lowest BCUT2D eigenvalue weighted by Gasteiger charge is -2.27. The highest BCUT2D eigenvalue weighted by Crippen LogP contribution is 2.45. The number of hydrogen-bond acceptors (Lipinski definition) is 6. The van der Waals surface area contributed by atoms with E-state index in [4.69, 9.17) is 14.2 Å². The molecule has 1 aliphatic heterocycles. The number of alkyl halides is 1. The molecule has 25 heavy (non-hydrogen) atoms. The maximum atomic E-state index is 12.7. The van der Waals surface area contributed by atoms with Gasteiger partial charge in [0.05, 0.1) is 19.8 Å². The molecule has 1 heterocycles. The standard InChI is InChI=1S/C17H20BrNO6/c1-17(13-10(23-2)6-4-7-11(13)24-3)15(22)14(21)16(25-17)19-12(20)8-5-9-18/h4,6-7,21H,5,8-9H2,1-3H3,(H,19,20). The predicted molar refractivity (Wildman–Crippen MR) is 93.8 cm³/mol. The molecule has 0 bridgehead atoms. The SMILES string of the molecule is COc1cccc(OC)c1C1(C)OC(NC(=O)CCCBr)=C(O)C1=O. The average molecular weight is 414 g/mol. The Morgan fingerprint density at radius 1 is 1.32 bits per heavy atom. The number of hydrogen-bond donors (Lipinski definition) is 2. The van der Waals surface area contributed by atoms with Crippen molar-refractivity contribution in [1.29, 1.82) is 0 Å². The van der Waals surface area contributed by atoms with Crippen LogP contribution in [0.5, 0.6) is 11.5 Å². The fourth-order valence-electron chi connectivity index (χ4n) is 2.62. The van der Waals surface area contributed by atoms with E-state index < -0.39 is 17.1 Å². The molecule has 0 aromatic heterocycles. The fourth-order valence-corrected chi connectivity index (χ4v) is 2.90. The summed E-state index contributed by atoms with van der Waals surface area (Å²) in [4.78, 5) is 24.6. The first kappa shape index (κ1) is 19.1. The Hall–Kier alpha value is -2.22. The molecule has 1 unspecified atom stereocenters. The molecule has 7 nitrogen and oxygen atoms in total. The van der Waals surface area contributed by atoms with E-state index in [1.807, 2.05) is 0 Å². The third-order valence-electron chi connectivity index (χ3n) is 3.86. The maximum absolute atomic E-state index is 12.7. The van der Waals surface area contributed by atoms with Crippen molar-refractivity contribution in [2.75, 3.05) is 19.5 Å². The van der Waals surface area contributed by atoms with Gasteiger partial charge in [-0.1, -0.05) is 22.0 Å². The second-order valence-corrected chi connectivity index (χ2v) is 6.31. The number of ketones is 1. The zero-order valence-corrected chi connectivity index (χ0v) is 15.8. The molecule has 1 atom stereocenters. The topological polar surface area (TPSA) is 94.1 Å². The second-order valence-electron chi connectivity index (χ2n) is 5.52. The van der Waals surface area contributed by atoms with Crippen LogP contribution >= 0.6 is 15.9 Å². The Bertz CT molecular complexity index is 695. The summed E-state index contributed by atoms with van der Waals surface area (Å²) in [6, 6.07) is 5.02. The van der Waals surface area contributed by atoms with Gasteiger partial charge in [-0.2, -0.15) is 0 Å². The van der Waals surface area contributed by atoms with Crippen molar-refractivity contribution in [3.63, 3.8) is 0 Å². The molecule has 1 amide bonds. The van der Waals surface area contributed by atoms with E-state index in [9.17, 15) is 14.7 Å². The average Bonchev–Trinajstić information content (AvgIpc) is 2.83. The number of rotatable bonds is 7. The van der Waals surface area contributed by atoms with Gasteiger partial charge in [-0.3, -0.25) is 14.9 Å². The van der Waals surface area contributed by atoms with Crippen LogP contribution < -0.4 is 14.8 Å².